The number of carboxylic acids is 1. The summed E-state index contributed by atoms with van der Waals surface area (Å²) in [6.07, 6.45) is 0. The quantitative estimate of drug-likeness (QED) is 0.668. The molecular formula is C20H13ClN4O4. The summed E-state index contributed by atoms with van der Waals surface area (Å²) >= 11 is 5.87. The normalized spacial score (nSPS) is 10.2. The van der Waals surface area contributed by atoms with Crippen LogP contribution in [-0.4, -0.2) is 26.8 Å². The average molecular weight is 409 g/mol. The topological polar surface area (TPSA) is 125 Å². The molecule has 0 saturated carbocycles. The highest BCUT2D eigenvalue weighted by molar-refractivity contribution is 6.30. The maximum absolute atomic E-state index is 12.3. The molecule has 0 bridgehead atoms. The molecule has 9 heteroatoms. The van der Waals surface area contributed by atoms with Gasteiger partial charge in [-0.3, -0.25) is 9.59 Å². The van der Waals surface area contributed by atoms with Crippen molar-refractivity contribution >= 4 is 29.2 Å². The Hall–Kier alpha value is -3.96. The van der Waals surface area contributed by atoms with Crippen LogP contribution in [0.2, 0.25) is 5.02 Å². The van der Waals surface area contributed by atoms with Gasteiger partial charge in [-0.05, 0) is 36.4 Å². The van der Waals surface area contributed by atoms with Crippen molar-refractivity contribution in [1.82, 2.24) is 9.78 Å². The van der Waals surface area contributed by atoms with E-state index in [0.29, 0.717) is 10.7 Å². The van der Waals surface area contributed by atoms with E-state index in [1.54, 1.807) is 24.3 Å². The third kappa shape index (κ3) is 4.86. The summed E-state index contributed by atoms with van der Waals surface area (Å²) < 4.78 is 0.992. The fourth-order valence-corrected chi connectivity index (χ4v) is 2.69. The summed E-state index contributed by atoms with van der Waals surface area (Å²) in [4.78, 5) is 35.6. The van der Waals surface area contributed by atoms with Gasteiger partial charge in [0.1, 0.15) is 6.54 Å². The summed E-state index contributed by atoms with van der Waals surface area (Å²) in [6, 6.07) is 15.3. The first-order valence-electron chi connectivity index (χ1n) is 8.28. The van der Waals surface area contributed by atoms with Crippen LogP contribution >= 0.6 is 11.6 Å². The SMILES string of the molecule is N#Cc1cc(NC(=O)Cn2nc(-c3ccc(Cl)cc3)ccc2=O)cc(C(=O)O)c1. The van der Waals surface area contributed by atoms with Gasteiger partial charge in [-0.2, -0.15) is 10.4 Å². The van der Waals surface area contributed by atoms with E-state index in [1.165, 1.54) is 30.3 Å². The average Bonchev–Trinajstić information content (AvgIpc) is 2.70. The number of nitrogens with one attached hydrogen (secondary N) is 1. The molecule has 2 aromatic carbocycles. The Morgan fingerprint density at radius 2 is 1.86 bits per heavy atom. The number of aromatic nitrogens is 2. The van der Waals surface area contributed by atoms with Gasteiger partial charge in [0.2, 0.25) is 5.91 Å². The van der Waals surface area contributed by atoms with Crippen LogP contribution < -0.4 is 10.9 Å². The number of carbonyl (C=O) groups excluding carboxylic acids is 1. The van der Waals surface area contributed by atoms with Crippen molar-refractivity contribution in [2.24, 2.45) is 0 Å². The van der Waals surface area contributed by atoms with Crippen molar-refractivity contribution in [3.8, 4) is 17.3 Å². The van der Waals surface area contributed by atoms with E-state index in [1.807, 2.05) is 6.07 Å². The molecule has 0 aliphatic carbocycles. The lowest BCUT2D eigenvalue weighted by atomic mass is 10.1. The van der Waals surface area contributed by atoms with Crippen LogP contribution in [0.3, 0.4) is 0 Å². The lowest BCUT2D eigenvalue weighted by Gasteiger charge is -2.09. The summed E-state index contributed by atoms with van der Waals surface area (Å²) in [5.41, 5.74) is 0.799. The van der Waals surface area contributed by atoms with Gasteiger partial charge in [-0.15, -0.1) is 0 Å². The van der Waals surface area contributed by atoms with Crippen molar-refractivity contribution in [1.29, 1.82) is 5.26 Å². The predicted octanol–water partition coefficient (Wildman–Crippen LogP) is 2.77. The predicted molar refractivity (Wildman–Crippen MR) is 106 cm³/mol. The molecule has 0 aliphatic heterocycles. The lowest BCUT2D eigenvalue weighted by molar-refractivity contribution is -0.117. The highest BCUT2D eigenvalue weighted by Crippen LogP contribution is 2.18. The number of hydrogen-bond acceptors (Lipinski definition) is 5. The van der Waals surface area contributed by atoms with E-state index in [0.717, 1.165) is 10.2 Å². The number of carbonyl (C=O) groups is 2. The van der Waals surface area contributed by atoms with E-state index in [-0.39, 0.29) is 23.4 Å². The molecule has 0 aliphatic rings. The van der Waals surface area contributed by atoms with E-state index in [4.69, 9.17) is 22.0 Å². The minimum absolute atomic E-state index is 0.0835. The van der Waals surface area contributed by atoms with Crippen LogP contribution in [0.15, 0.2) is 59.4 Å². The number of aromatic carboxylic acids is 1. The first-order valence-corrected chi connectivity index (χ1v) is 8.66. The number of benzene rings is 2. The van der Waals surface area contributed by atoms with Crippen molar-refractivity contribution < 1.29 is 14.7 Å². The molecule has 2 N–H and O–H groups in total. The molecule has 0 saturated heterocycles. The first kappa shape index (κ1) is 19.8. The Morgan fingerprint density at radius 1 is 1.14 bits per heavy atom. The number of carboxylic acid groups (broad SMARTS) is 1. The van der Waals surface area contributed by atoms with Crippen molar-refractivity contribution in [2.75, 3.05) is 5.32 Å². The van der Waals surface area contributed by atoms with Gasteiger partial charge in [0.25, 0.3) is 5.56 Å². The van der Waals surface area contributed by atoms with Crippen molar-refractivity contribution in [3.63, 3.8) is 0 Å². The Kier molecular flexibility index (Phi) is 5.71. The number of nitriles is 1. The standard InChI is InChI=1S/C20H13ClN4O4/c21-15-3-1-13(2-4-15)17-5-6-19(27)25(24-17)11-18(26)23-16-8-12(10-22)7-14(9-16)20(28)29/h1-9H,11H2,(H,23,26)(H,28,29). The molecule has 0 radical (unpaired) electrons. The molecule has 29 heavy (non-hydrogen) atoms. The smallest absolute Gasteiger partial charge is 0.335 e. The number of anilines is 1. The Morgan fingerprint density at radius 3 is 2.52 bits per heavy atom. The van der Waals surface area contributed by atoms with E-state index in [9.17, 15) is 14.4 Å². The largest absolute Gasteiger partial charge is 0.478 e. The minimum atomic E-state index is -1.23. The van der Waals surface area contributed by atoms with Gasteiger partial charge < -0.3 is 10.4 Å². The molecule has 1 heterocycles. The van der Waals surface area contributed by atoms with Gasteiger partial charge in [0.05, 0.1) is 22.9 Å². The highest BCUT2D eigenvalue weighted by Gasteiger charge is 2.12. The van der Waals surface area contributed by atoms with Gasteiger partial charge in [0.15, 0.2) is 0 Å². The molecule has 144 valence electrons. The molecule has 0 unspecified atom stereocenters. The maximum atomic E-state index is 12.3. The minimum Gasteiger partial charge on any atom is -0.478 e. The van der Waals surface area contributed by atoms with E-state index >= 15 is 0 Å². The zero-order valence-electron chi connectivity index (χ0n) is 14.8. The van der Waals surface area contributed by atoms with Crippen LogP contribution in [0.4, 0.5) is 5.69 Å². The second-order valence-corrected chi connectivity index (χ2v) is 6.42. The number of nitrogens with zero attached hydrogens (tertiary/aromatic N) is 3. The third-order valence-corrected chi connectivity index (χ3v) is 4.14. The Bertz CT molecular complexity index is 1200. The monoisotopic (exact) mass is 408 g/mol. The van der Waals surface area contributed by atoms with Gasteiger partial charge >= 0.3 is 5.97 Å². The molecule has 8 nitrogen and oxygen atoms in total. The summed E-state index contributed by atoms with van der Waals surface area (Å²) in [6.45, 7) is -0.389. The van der Waals surface area contributed by atoms with E-state index < -0.39 is 17.4 Å². The fourth-order valence-electron chi connectivity index (χ4n) is 2.56. The second kappa shape index (κ2) is 8.37. The molecule has 0 spiro atoms. The fraction of sp³-hybridized carbons (Fsp3) is 0.0500. The van der Waals surface area contributed by atoms with Gasteiger partial charge in [-0.25, -0.2) is 9.48 Å². The molecule has 3 aromatic rings. The zero-order chi connectivity index (χ0) is 21.0. The zero-order valence-corrected chi connectivity index (χ0v) is 15.6. The van der Waals surface area contributed by atoms with Crippen LogP contribution in [0.25, 0.3) is 11.3 Å². The Balaban J connectivity index is 1.82. The highest BCUT2D eigenvalue weighted by atomic mass is 35.5. The molecule has 0 atom stereocenters. The van der Waals surface area contributed by atoms with Crippen LogP contribution in [-0.2, 0) is 11.3 Å². The van der Waals surface area contributed by atoms with Crippen LogP contribution in [0, 0.1) is 11.3 Å². The Labute approximate surface area is 169 Å². The van der Waals surface area contributed by atoms with Gasteiger partial charge in [0, 0.05) is 22.3 Å². The summed E-state index contributed by atoms with van der Waals surface area (Å²) in [7, 11) is 0. The lowest BCUT2D eigenvalue weighted by Crippen LogP contribution is -2.29. The van der Waals surface area contributed by atoms with E-state index in [2.05, 4.69) is 10.4 Å². The van der Waals surface area contributed by atoms with Crippen molar-refractivity contribution in [3.05, 3.63) is 81.1 Å². The van der Waals surface area contributed by atoms with Crippen molar-refractivity contribution in [2.45, 2.75) is 6.54 Å². The molecule has 0 fully saturated rings. The number of halogens is 1. The third-order valence-electron chi connectivity index (χ3n) is 3.89. The molecule has 1 amide bonds. The second-order valence-electron chi connectivity index (χ2n) is 5.99. The number of rotatable bonds is 5. The number of hydrogen-bond donors (Lipinski definition) is 2. The van der Waals surface area contributed by atoms with Gasteiger partial charge in [-0.1, -0.05) is 23.7 Å². The summed E-state index contributed by atoms with van der Waals surface area (Å²) in [5, 5.41) is 25.3. The van der Waals surface area contributed by atoms with Crippen LogP contribution in [0.5, 0.6) is 0 Å². The summed E-state index contributed by atoms with van der Waals surface area (Å²) in [5.74, 6) is -1.83. The molecular weight excluding hydrogens is 396 g/mol. The first-order chi connectivity index (χ1) is 13.9. The molecule has 3 rings (SSSR count). The number of amides is 1. The molecule has 1 aromatic heterocycles. The maximum Gasteiger partial charge on any atom is 0.335 e. The van der Waals surface area contributed by atoms with Crippen LogP contribution in [0.1, 0.15) is 15.9 Å².